The second kappa shape index (κ2) is 4.98. The Morgan fingerprint density at radius 3 is 3.00 bits per heavy atom. The van der Waals surface area contributed by atoms with Crippen LogP contribution in [0.5, 0.6) is 5.75 Å². The van der Waals surface area contributed by atoms with Crippen molar-refractivity contribution in [1.82, 2.24) is 0 Å². The summed E-state index contributed by atoms with van der Waals surface area (Å²) in [6, 6.07) is 6.83. The number of aldehydes is 1. The minimum absolute atomic E-state index is 0.0125. The van der Waals surface area contributed by atoms with E-state index < -0.39 is 0 Å². The maximum atomic E-state index is 10.1. The lowest BCUT2D eigenvalue weighted by Crippen LogP contribution is -2.28. The van der Waals surface area contributed by atoms with Gasteiger partial charge >= 0.3 is 0 Å². The quantitative estimate of drug-likeness (QED) is 0.235. The Hall–Kier alpha value is -1.88. The topological polar surface area (TPSA) is 79.4 Å². The van der Waals surface area contributed by atoms with E-state index in [2.05, 4.69) is 0 Å². The van der Waals surface area contributed by atoms with Gasteiger partial charge in [-0.25, -0.2) is 5.84 Å². The lowest BCUT2D eigenvalue weighted by atomic mass is 10.3. The van der Waals surface area contributed by atoms with Gasteiger partial charge in [0.25, 0.3) is 0 Å². The van der Waals surface area contributed by atoms with Crippen molar-refractivity contribution >= 4 is 18.3 Å². The van der Waals surface area contributed by atoms with E-state index in [0.29, 0.717) is 17.7 Å². The number of hydrazine groups is 1. The highest BCUT2D eigenvalue weighted by Crippen LogP contribution is 2.18. The third-order valence-electron chi connectivity index (χ3n) is 1.57. The fourth-order valence-corrected chi connectivity index (χ4v) is 0.939. The van der Waals surface area contributed by atoms with E-state index in [1.165, 1.54) is 0 Å². The van der Waals surface area contributed by atoms with Gasteiger partial charge in [0.2, 0.25) is 0 Å². The van der Waals surface area contributed by atoms with E-state index in [-0.39, 0.29) is 6.61 Å². The van der Waals surface area contributed by atoms with Gasteiger partial charge in [-0.3, -0.25) is 15.2 Å². The minimum atomic E-state index is 0.0125. The number of ether oxygens (including phenoxy) is 1. The average molecular weight is 193 g/mol. The number of nitrogens with one attached hydrogen (secondary N) is 1. The molecule has 0 radical (unpaired) electrons. The number of nitrogens with zero attached hydrogens (tertiary/aromatic N) is 1. The second-order valence-electron chi connectivity index (χ2n) is 2.51. The Labute approximate surface area is 81.6 Å². The van der Waals surface area contributed by atoms with Crippen molar-refractivity contribution in [3.8, 4) is 5.75 Å². The molecule has 0 bridgehead atoms. The van der Waals surface area contributed by atoms with Crippen LogP contribution in [0.25, 0.3) is 0 Å². The van der Waals surface area contributed by atoms with Gasteiger partial charge < -0.3 is 4.74 Å². The maximum Gasteiger partial charge on any atom is 0.157 e. The molecule has 0 atom stereocenters. The predicted octanol–water partition coefficient (Wildman–Crippen LogP) is 0.551. The summed E-state index contributed by atoms with van der Waals surface area (Å²) in [5, 5.41) is 8.08. The summed E-state index contributed by atoms with van der Waals surface area (Å²) in [5.74, 6) is 6.01. The fraction of sp³-hybridized carbons (Fsp3) is 0.111. The Morgan fingerprint density at radius 1 is 1.57 bits per heavy atom. The van der Waals surface area contributed by atoms with Crippen LogP contribution in [0.4, 0.5) is 5.69 Å². The van der Waals surface area contributed by atoms with Crippen LogP contribution in [0.15, 0.2) is 24.3 Å². The third-order valence-corrected chi connectivity index (χ3v) is 1.57. The normalized spacial score (nSPS) is 9.21. The van der Waals surface area contributed by atoms with Crippen LogP contribution >= 0.6 is 0 Å². The first-order valence-electron chi connectivity index (χ1n) is 3.99. The summed E-state index contributed by atoms with van der Waals surface area (Å²) < 4.78 is 5.07. The van der Waals surface area contributed by atoms with Gasteiger partial charge in [0.15, 0.2) is 6.29 Å². The molecule has 1 aromatic carbocycles. The molecule has 1 rings (SSSR count). The standard InChI is InChI=1S/C9H11N3O2/c10-7-12(11)8-2-1-3-9(6-8)14-5-4-13/h1-4,6-7,10H,5,11H2. The van der Waals surface area contributed by atoms with Crippen LogP contribution in [-0.2, 0) is 4.79 Å². The van der Waals surface area contributed by atoms with Gasteiger partial charge in [0.1, 0.15) is 18.7 Å². The summed E-state index contributed by atoms with van der Waals surface area (Å²) in [5.41, 5.74) is 0.628. The largest absolute Gasteiger partial charge is 0.486 e. The number of rotatable bonds is 5. The number of anilines is 1. The smallest absolute Gasteiger partial charge is 0.157 e. The van der Waals surface area contributed by atoms with Crippen molar-refractivity contribution in [2.45, 2.75) is 0 Å². The third kappa shape index (κ3) is 2.56. The molecular weight excluding hydrogens is 182 g/mol. The zero-order valence-electron chi connectivity index (χ0n) is 7.51. The van der Waals surface area contributed by atoms with Crippen molar-refractivity contribution in [3.05, 3.63) is 24.3 Å². The van der Waals surface area contributed by atoms with Crippen LogP contribution in [0.3, 0.4) is 0 Å². The van der Waals surface area contributed by atoms with E-state index >= 15 is 0 Å². The molecule has 0 saturated heterocycles. The van der Waals surface area contributed by atoms with Crippen LogP contribution in [-0.4, -0.2) is 19.2 Å². The minimum Gasteiger partial charge on any atom is -0.486 e. The van der Waals surface area contributed by atoms with E-state index in [9.17, 15) is 4.79 Å². The van der Waals surface area contributed by atoms with Gasteiger partial charge in [-0.2, -0.15) is 0 Å². The second-order valence-corrected chi connectivity index (χ2v) is 2.51. The summed E-state index contributed by atoms with van der Waals surface area (Å²) in [4.78, 5) is 10.1. The van der Waals surface area contributed by atoms with Crippen molar-refractivity contribution in [2.75, 3.05) is 11.6 Å². The molecule has 3 N–H and O–H groups in total. The van der Waals surface area contributed by atoms with Crippen LogP contribution in [0.2, 0.25) is 0 Å². The van der Waals surface area contributed by atoms with Gasteiger partial charge in [-0.05, 0) is 12.1 Å². The number of hydrogen-bond donors (Lipinski definition) is 2. The molecule has 0 heterocycles. The number of nitrogens with two attached hydrogens (primary N) is 1. The Kier molecular flexibility index (Phi) is 3.63. The van der Waals surface area contributed by atoms with Gasteiger partial charge in [-0.15, -0.1) is 0 Å². The first-order chi connectivity index (χ1) is 6.77. The number of benzene rings is 1. The molecule has 0 saturated carbocycles. The van der Waals surface area contributed by atoms with Crippen LogP contribution in [0, 0.1) is 5.41 Å². The molecule has 0 spiro atoms. The van der Waals surface area contributed by atoms with Gasteiger partial charge in [-0.1, -0.05) is 6.07 Å². The molecule has 14 heavy (non-hydrogen) atoms. The molecule has 74 valence electrons. The van der Waals surface area contributed by atoms with Gasteiger partial charge in [0, 0.05) is 6.07 Å². The molecular formula is C9H11N3O2. The van der Waals surface area contributed by atoms with Crippen molar-refractivity contribution in [1.29, 1.82) is 5.41 Å². The highest BCUT2D eigenvalue weighted by atomic mass is 16.5. The Bertz CT molecular complexity index is 328. The number of carbonyl (C=O) groups excluding carboxylic acids is 1. The zero-order chi connectivity index (χ0) is 10.4. The van der Waals surface area contributed by atoms with Crippen molar-refractivity contribution in [3.63, 3.8) is 0 Å². The monoisotopic (exact) mass is 193 g/mol. The van der Waals surface area contributed by atoms with E-state index in [0.717, 1.165) is 11.3 Å². The fourth-order valence-electron chi connectivity index (χ4n) is 0.939. The first kappa shape index (κ1) is 10.2. The highest BCUT2D eigenvalue weighted by molar-refractivity contribution is 5.75. The van der Waals surface area contributed by atoms with Crippen molar-refractivity contribution < 1.29 is 9.53 Å². The average Bonchev–Trinajstić information content (AvgIpc) is 2.25. The molecule has 0 unspecified atom stereocenters. The molecule has 5 heteroatoms. The maximum absolute atomic E-state index is 10.1. The molecule has 0 aliphatic heterocycles. The summed E-state index contributed by atoms with van der Waals surface area (Å²) in [6.07, 6.45) is 1.66. The molecule has 0 aliphatic rings. The van der Waals surface area contributed by atoms with E-state index in [1.54, 1.807) is 24.3 Å². The van der Waals surface area contributed by atoms with Gasteiger partial charge in [0.05, 0.1) is 5.69 Å². The molecule has 0 aliphatic carbocycles. The molecule has 0 aromatic heterocycles. The zero-order valence-corrected chi connectivity index (χ0v) is 7.51. The van der Waals surface area contributed by atoms with Crippen LogP contribution < -0.4 is 15.6 Å². The summed E-state index contributed by atoms with van der Waals surface area (Å²) in [6.45, 7) is 0.0125. The lowest BCUT2D eigenvalue weighted by molar-refractivity contribution is -0.109. The van der Waals surface area contributed by atoms with E-state index in [4.69, 9.17) is 16.0 Å². The molecule has 5 nitrogen and oxygen atoms in total. The Balaban J connectivity index is 2.77. The van der Waals surface area contributed by atoms with Crippen LogP contribution in [0.1, 0.15) is 0 Å². The first-order valence-corrected chi connectivity index (χ1v) is 3.99. The highest BCUT2D eigenvalue weighted by Gasteiger charge is 1.99. The summed E-state index contributed by atoms with van der Waals surface area (Å²) >= 11 is 0. The summed E-state index contributed by atoms with van der Waals surface area (Å²) in [7, 11) is 0. The SMILES string of the molecule is N=CN(N)c1cccc(OCC=O)c1. The molecule has 0 amide bonds. The van der Waals surface area contributed by atoms with Crippen molar-refractivity contribution in [2.24, 2.45) is 5.84 Å². The predicted molar refractivity (Wildman–Crippen MR) is 53.5 cm³/mol. The Morgan fingerprint density at radius 2 is 2.36 bits per heavy atom. The molecule has 1 aromatic rings. The number of carbonyl (C=O) groups is 1. The molecule has 0 fully saturated rings. The number of hydrogen-bond acceptors (Lipinski definition) is 4. The van der Waals surface area contributed by atoms with E-state index in [1.807, 2.05) is 0 Å². The lowest BCUT2D eigenvalue weighted by Gasteiger charge is -2.12.